The van der Waals surface area contributed by atoms with Gasteiger partial charge in [0.1, 0.15) is 0 Å². The van der Waals surface area contributed by atoms with Crippen molar-refractivity contribution in [3.63, 3.8) is 0 Å². The first-order valence-corrected chi connectivity index (χ1v) is 7.22. The van der Waals surface area contributed by atoms with Gasteiger partial charge < -0.3 is 15.4 Å². The van der Waals surface area contributed by atoms with Gasteiger partial charge in [-0.15, -0.1) is 12.4 Å². The number of hydrogen-bond donors (Lipinski definition) is 1. The number of rotatable bonds is 5. The molecule has 1 aliphatic rings. The van der Waals surface area contributed by atoms with E-state index in [0.717, 1.165) is 45.4 Å². The summed E-state index contributed by atoms with van der Waals surface area (Å²) in [6.07, 6.45) is 4.44. The van der Waals surface area contributed by atoms with E-state index in [1.54, 1.807) is 0 Å². The summed E-state index contributed by atoms with van der Waals surface area (Å²) in [4.78, 5) is 14.2. The summed E-state index contributed by atoms with van der Waals surface area (Å²) in [5.74, 6) is 0.110. The second-order valence-corrected chi connectivity index (χ2v) is 5.40. The van der Waals surface area contributed by atoms with Crippen LogP contribution in [0.25, 0.3) is 0 Å². The molecule has 114 valence electrons. The summed E-state index contributed by atoms with van der Waals surface area (Å²) >= 11 is 0. The van der Waals surface area contributed by atoms with Crippen LogP contribution in [-0.4, -0.2) is 42.6 Å². The highest BCUT2D eigenvalue weighted by Crippen LogP contribution is 2.17. The lowest BCUT2D eigenvalue weighted by molar-refractivity contribution is -0.135. The molecule has 1 heterocycles. The zero-order valence-corrected chi connectivity index (χ0v) is 13.2. The first-order chi connectivity index (χ1) is 8.56. The average Bonchev–Trinajstić information content (AvgIpc) is 2.59. The number of likely N-dealkylation sites (tertiary alicyclic amines) is 1. The molecule has 1 rings (SSSR count). The van der Waals surface area contributed by atoms with E-state index < -0.39 is 0 Å². The predicted molar refractivity (Wildman–Crippen MR) is 80.5 cm³/mol. The SMILES string of the molecule is CCCOC1CCCN(C(=O)C(C)C(C)N)CC1.Cl. The minimum absolute atomic E-state index is 0. The number of carbonyl (C=O) groups excluding carboxylic acids is 1. The molecule has 0 aromatic carbocycles. The highest BCUT2D eigenvalue weighted by molar-refractivity contribution is 5.85. The largest absolute Gasteiger partial charge is 0.378 e. The van der Waals surface area contributed by atoms with Gasteiger partial charge >= 0.3 is 0 Å². The lowest BCUT2D eigenvalue weighted by Gasteiger charge is -2.26. The number of hydrogen-bond acceptors (Lipinski definition) is 3. The van der Waals surface area contributed by atoms with E-state index in [-0.39, 0.29) is 30.3 Å². The second kappa shape index (κ2) is 9.56. The van der Waals surface area contributed by atoms with Crippen LogP contribution in [0.4, 0.5) is 0 Å². The molecular formula is C14H29ClN2O2. The molecule has 19 heavy (non-hydrogen) atoms. The van der Waals surface area contributed by atoms with Crippen LogP contribution in [0.5, 0.6) is 0 Å². The zero-order chi connectivity index (χ0) is 13.5. The van der Waals surface area contributed by atoms with Crippen LogP contribution in [0.3, 0.4) is 0 Å². The molecule has 0 aromatic rings. The molecule has 3 atom stereocenters. The number of nitrogens with zero attached hydrogens (tertiary/aromatic N) is 1. The second-order valence-electron chi connectivity index (χ2n) is 5.40. The van der Waals surface area contributed by atoms with Gasteiger partial charge in [-0.2, -0.15) is 0 Å². The predicted octanol–water partition coefficient (Wildman–Crippen LogP) is 2.20. The Labute approximate surface area is 123 Å². The number of halogens is 1. The van der Waals surface area contributed by atoms with Gasteiger partial charge in [0.25, 0.3) is 0 Å². The van der Waals surface area contributed by atoms with Gasteiger partial charge in [0.05, 0.1) is 12.0 Å². The Morgan fingerprint density at radius 1 is 1.37 bits per heavy atom. The fraction of sp³-hybridized carbons (Fsp3) is 0.929. The van der Waals surface area contributed by atoms with E-state index in [1.807, 2.05) is 18.7 Å². The van der Waals surface area contributed by atoms with Crippen molar-refractivity contribution in [3.05, 3.63) is 0 Å². The van der Waals surface area contributed by atoms with Crippen molar-refractivity contribution in [1.29, 1.82) is 0 Å². The molecule has 0 radical (unpaired) electrons. The van der Waals surface area contributed by atoms with Crippen LogP contribution in [0.1, 0.15) is 46.5 Å². The van der Waals surface area contributed by atoms with Gasteiger partial charge in [0, 0.05) is 25.7 Å². The topological polar surface area (TPSA) is 55.6 Å². The minimum atomic E-state index is -0.0851. The molecule has 5 heteroatoms. The van der Waals surface area contributed by atoms with E-state index in [4.69, 9.17) is 10.5 Å². The lowest BCUT2D eigenvalue weighted by Crippen LogP contribution is -2.42. The molecule has 1 aliphatic heterocycles. The van der Waals surface area contributed by atoms with Crippen molar-refractivity contribution < 1.29 is 9.53 Å². The van der Waals surface area contributed by atoms with Gasteiger partial charge in [-0.05, 0) is 32.6 Å². The van der Waals surface area contributed by atoms with Crippen molar-refractivity contribution in [1.82, 2.24) is 4.90 Å². The Hall–Kier alpha value is -0.320. The Kier molecular flexibility index (Phi) is 9.40. The standard InChI is InChI=1S/C14H28N2O2.ClH/c1-4-10-18-13-6-5-8-16(9-7-13)14(17)11(2)12(3)15;/h11-13H,4-10,15H2,1-3H3;1H. The zero-order valence-electron chi connectivity index (χ0n) is 12.4. The quantitative estimate of drug-likeness (QED) is 0.845. The van der Waals surface area contributed by atoms with Gasteiger partial charge in [0.2, 0.25) is 5.91 Å². The maximum absolute atomic E-state index is 12.2. The van der Waals surface area contributed by atoms with Crippen molar-refractivity contribution in [3.8, 4) is 0 Å². The third-order valence-electron chi connectivity index (χ3n) is 3.72. The van der Waals surface area contributed by atoms with E-state index >= 15 is 0 Å². The van der Waals surface area contributed by atoms with E-state index in [2.05, 4.69) is 6.92 Å². The Morgan fingerprint density at radius 3 is 2.63 bits per heavy atom. The van der Waals surface area contributed by atoms with E-state index in [1.165, 1.54) is 0 Å². The highest BCUT2D eigenvalue weighted by Gasteiger charge is 2.26. The number of nitrogens with two attached hydrogens (primary N) is 1. The van der Waals surface area contributed by atoms with Crippen molar-refractivity contribution in [2.45, 2.75) is 58.6 Å². The average molecular weight is 293 g/mol. The first-order valence-electron chi connectivity index (χ1n) is 7.22. The molecule has 1 saturated heterocycles. The Bertz CT molecular complexity index is 262. The van der Waals surface area contributed by atoms with E-state index in [9.17, 15) is 4.79 Å². The summed E-state index contributed by atoms with van der Waals surface area (Å²) in [6, 6.07) is -0.0760. The third-order valence-corrected chi connectivity index (χ3v) is 3.72. The van der Waals surface area contributed by atoms with Gasteiger partial charge in [-0.25, -0.2) is 0 Å². The first kappa shape index (κ1) is 18.7. The molecular weight excluding hydrogens is 264 g/mol. The molecule has 0 bridgehead atoms. The minimum Gasteiger partial charge on any atom is -0.378 e. The monoisotopic (exact) mass is 292 g/mol. The fourth-order valence-corrected chi connectivity index (χ4v) is 2.25. The van der Waals surface area contributed by atoms with Crippen LogP contribution in [0, 0.1) is 5.92 Å². The number of carbonyl (C=O) groups is 1. The summed E-state index contributed by atoms with van der Waals surface area (Å²) < 4.78 is 5.79. The van der Waals surface area contributed by atoms with Crippen molar-refractivity contribution in [2.75, 3.05) is 19.7 Å². The summed E-state index contributed by atoms with van der Waals surface area (Å²) in [7, 11) is 0. The molecule has 1 amide bonds. The van der Waals surface area contributed by atoms with Crippen LogP contribution in [-0.2, 0) is 9.53 Å². The Balaban J connectivity index is 0.00000324. The molecule has 4 nitrogen and oxygen atoms in total. The normalized spacial score (nSPS) is 23.2. The van der Waals surface area contributed by atoms with Gasteiger partial charge in [-0.3, -0.25) is 4.79 Å². The summed E-state index contributed by atoms with van der Waals surface area (Å²) in [5.41, 5.74) is 5.80. The van der Waals surface area contributed by atoms with Gasteiger partial charge in [0.15, 0.2) is 0 Å². The van der Waals surface area contributed by atoms with Crippen molar-refractivity contribution >= 4 is 18.3 Å². The van der Waals surface area contributed by atoms with Crippen LogP contribution in [0.2, 0.25) is 0 Å². The van der Waals surface area contributed by atoms with Crippen molar-refractivity contribution in [2.24, 2.45) is 11.7 Å². The van der Waals surface area contributed by atoms with Crippen LogP contribution < -0.4 is 5.73 Å². The summed E-state index contributed by atoms with van der Waals surface area (Å²) in [6.45, 7) is 8.42. The molecule has 2 N–H and O–H groups in total. The fourth-order valence-electron chi connectivity index (χ4n) is 2.25. The lowest BCUT2D eigenvalue weighted by atomic mass is 10.0. The van der Waals surface area contributed by atoms with Crippen LogP contribution >= 0.6 is 12.4 Å². The summed E-state index contributed by atoms with van der Waals surface area (Å²) in [5, 5.41) is 0. The number of ether oxygens (including phenoxy) is 1. The molecule has 0 saturated carbocycles. The maximum Gasteiger partial charge on any atom is 0.226 e. The molecule has 3 unspecified atom stereocenters. The molecule has 0 spiro atoms. The maximum atomic E-state index is 12.2. The van der Waals surface area contributed by atoms with Gasteiger partial charge in [-0.1, -0.05) is 13.8 Å². The number of amides is 1. The molecule has 1 fully saturated rings. The smallest absolute Gasteiger partial charge is 0.226 e. The highest BCUT2D eigenvalue weighted by atomic mass is 35.5. The third kappa shape index (κ3) is 6.11. The Morgan fingerprint density at radius 2 is 2.05 bits per heavy atom. The van der Waals surface area contributed by atoms with Crippen LogP contribution in [0.15, 0.2) is 0 Å². The van der Waals surface area contributed by atoms with E-state index in [0.29, 0.717) is 6.10 Å². The molecule has 0 aromatic heterocycles. The molecule has 0 aliphatic carbocycles.